The summed E-state index contributed by atoms with van der Waals surface area (Å²) in [7, 11) is 0. The molecule has 0 fully saturated rings. The number of halogens is 3. The smallest absolute Gasteiger partial charge is 0.416 e. The Morgan fingerprint density at radius 3 is 2.11 bits per heavy atom. The van der Waals surface area contributed by atoms with Crippen molar-refractivity contribution in [3.8, 4) is 11.5 Å². The van der Waals surface area contributed by atoms with E-state index in [2.05, 4.69) is 0 Å². The van der Waals surface area contributed by atoms with Gasteiger partial charge >= 0.3 is 18.2 Å². The van der Waals surface area contributed by atoms with Crippen LogP contribution in [0.4, 0.5) is 18.0 Å². The van der Waals surface area contributed by atoms with Gasteiger partial charge in [0.05, 0.1) is 12.1 Å². The van der Waals surface area contributed by atoms with Gasteiger partial charge in [-0.3, -0.25) is 0 Å². The molecule has 2 aromatic carbocycles. The molecule has 0 spiro atoms. The third-order valence-corrected chi connectivity index (χ3v) is 5.24. The standard InChI is InChI=1S/C26H32F3NO6/c1-4-34-23(24(31)32)17-19-5-9-21(10-6-19)35-16-15-30(14-13-18(2)3)25(33)36-22-11-7-20(8-12-22)26(27,28)29/h5-12,18,23H,4,13-17H2,1-3H3,(H,31,32). The van der Waals surface area contributed by atoms with Gasteiger partial charge in [-0.05, 0) is 61.2 Å². The van der Waals surface area contributed by atoms with Gasteiger partial charge in [-0.2, -0.15) is 13.2 Å². The molecule has 198 valence electrons. The second-order valence-corrected chi connectivity index (χ2v) is 8.54. The van der Waals surface area contributed by atoms with E-state index in [0.717, 1.165) is 29.8 Å². The van der Waals surface area contributed by atoms with Gasteiger partial charge in [0, 0.05) is 19.6 Å². The molecular formula is C26H32F3NO6. The lowest BCUT2D eigenvalue weighted by Gasteiger charge is -2.23. The second-order valence-electron chi connectivity index (χ2n) is 8.54. The Bertz CT molecular complexity index is 961. The molecule has 0 aromatic heterocycles. The van der Waals surface area contributed by atoms with E-state index in [4.69, 9.17) is 14.2 Å². The molecule has 1 N–H and O–H groups in total. The third-order valence-electron chi connectivity index (χ3n) is 5.24. The van der Waals surface area contributed by atoms with Gasteiger partial charge in [0.15, 0.2) is 6.10 Å². The molecule has 0 heterocycles. The first-order valence-corrected chi connectivity index (χ1v) is 11.7. The summed E-state index contributed by atoms with van der Waals surface area (Å²) < 4.78 is 54.5. The zero-order chi connectivity index (χ0) is 26.7. The third kappa shape index (κ3) is 9.77. The SMILES string of the molecule is CCOC(Cc1ccc(OCCN(CCC(C)C)C(=O)Oc2ccc(C(F)(F)F)cc2)cc1)C(=O)O. The summed E-state index contributed by atoms with van der Waals surface area (Å²) in [6.07, 6.45) is -5.14. The highest BCUT2D eigenvalue weighted by Gasteiger charge is 2.30. The number of rotatable bonds is 13. The molecule has 0 aliphatic carbocycles. The lowest BCUT2D eigenvalue weighted by atomic mass is 10.1. The Morgan fingerprint density at radius 2 is 1.58 bits per heavy atom. The molecule has 0 bridgehead atoms. The molecule has 7 nitrogen and oxygen atoms in total. The first kappa shape index (κ1) is 29.0. The predicted octanol–water partition coefficient (Wildman–Crippen LogP) is 5.66. The topological polar surface area (TPSA) is 85.3 Å². The normalized spacial score (nSPS) is 12.3. The summed E-state index contributed by atoms with van der Waals surface area (Å²) >= 11 is 0. The quantitative estimate of drug-likeness (QED) is 0.373. The Morgan fingerprint density at radius 1 is 0.972 bits per heavy atom. The first-order chi connectivity index (χ1) is 17.0. The number of carbonyl (C=O) groups is 2. The Hall–Kier alpha value is -3.27. The molecule has 10 heteroatoms. The number of carboxylic acid groups (broad SMARTS) is 1. The minimum atomic E-state index is -4.47. The number of aliphatic carboxylic acids is 1. The zero-order valence-electron chi connectivity index (χ0n) is 20.6. The summed E-state index contributed by atoms with van der Waals surface area (Å²) in [5.41, 5.74) is -0.0448. The summed E-state index contributed by atoms with van der Waals surface area (Å²) in [5.74, 6) is -0.138. The van der Waals surface area contributed by atoms with Crippen molar-refractivity contribution in [2.45, 2.75) is 45.9 Å². The van der Waals surface area contributed by atoms with Crippen molar-refractivity contribution in [1.29, 1.82) is 0 Å². The molecule has 0 aliphatic heterocycles. The molecule has 0 saturated carbocycles. The minimum Gasteiger partial charge on any atom is -0.492 e. The van der Waals surface area contributed by atoms with E-state index < -0.39 is 29.9 Å². The number of carboxylic acids is 1. The van der Waals surface area contributed by atoms with Gasteiger partial charge in [-0.15, -0.1) is 0 Å². The minimum absolute atomic E-state index is 0.0192. The van der Waals surface area contributed by atoms with E-state index in [0.29, 0.717) is 31.2 Å². The molecule has 0 saturated heterocycles. The van der Waals surface area contributed by atoms with Gasteiger partial charge in [0.1, 0.15) is 18.1 Å². The van der Waals surface area contributed by atoms with Crippen LogP contribution in [0.5, 0.6) is 11.5 Å². The van der Waals surface area contributed by atoms with Crippen LogP contribution in [0.2, 0.25) is 0 Å². The molecule has 0 radical (unpaired) electrons. The lowest BCUT2D eigenvalue weighted by Crippen LogP contribution is -2.38. The maximum atomic E-state index is 12.7. The monoisotopic (exact) mass is 511 g/mol. The average molecular weight is 512 g/mol. The largest absolute Gasteiger partial charge is 0.492 e. The Kier molecular flexibility index (Phi) is 11.0. The number of carbonyl (C=O) groups excluding carboxylic acids is 1. The fourth-order valence-electron chi connectivity index (χ4n) is 3.21. The number of hydrogen-bond donors (Lipinski definition) is 1. The van der Waals surface area contributed by atoms with Crippen molar-refractivity contribution < 1.29 is 42.1 Å². The second kappa shape index (κ2) is 13.7. The Balaban J connectivity index is 1.94. The van der Waals surface area contributed by atoms with Crippen molar-refractivity contribution >= 4 is 12.1 Å². The van der Waals surface area contributed by atoms with Crippen LogP contribution < -0.4 is 9.47 Å². The Labute approximate surface area is 208 Å². The van der Waals surface area contributed by atoms with Gasteiger partial charge in [0.2, 0.25) is 0 Å². The van der Waals surface area contributed by atoms with Crippen LogP contribution in [0.3, 0.4) is 0 Å². The van der Waals surface area contributed by atoms with Crippen molar-refractivity contribution in [1.82, 2.24) is 4.90 Å². The van der Waals surface area contributed by atoms with E-state index in [9.17, 15) is 27.9 Å². The molecular weight excluding hydrogens is 479 g/mol. The molecule has 2 aromatic rings. The van der Waals surface area contributed by atoms with Crippen LogP contribution in [0.15, 0.2) is 48.5 Å². The fourth-order valence-corrected chi connectivity index (χ4v) is 3.21. The van der Waals surface area contributed by atoms with E-state index in [-0.39, 0.29) is 25.3 Å². The number of amides is 1. The van der Waals surface area contributed by atoms with Gasteiger partial charge in [-0.1, -0.05) is 26.0 Å². The number of ether oxygens (including phenoxy) is 3. The average Bonchev–Trinajstić information content (AvgIpc) is 2.81. The molecule has 36 heavy (non-hydrogen) atoms. The number of benzene rings is 2. The molecule has 0 aliphatic rings. The fraction of sp³-hybridized carbons (Fsp3) is 0.462. The summed E-state index contributed by atoms with van der Waals surface area (Å²) in [6, 6.07) is 10.9. The van der Waals surface area contributed by atoms with Gasteiger partial charge < -0.3 is 24.2 Å². The van der Waals surface area contributed by atoms with Crippen molar-refractivity contribution in [2.75, 3.05) is 26.3 Å². The van der Waals surface area contributed by atoms with Crippen LogP contribution in [0.1, 0.15) is 38.3 Å². The highest BCUT2D eigenvalue weighted by Crippen LogP contribution is 2.30. The van der Waals surface area contributed by atoms with E-state index in [1.807, 2.05) is 13.8 Å². The van der Waals surface area contributed by atoms with E-state index in [1.54, 1.807) is 31.2 Å². The predicted molar refractivity (Wildman–Crippen MR) is 127 cm³/mol. The summed E-state index contributed by atoms with van der Waals surface area (Å²) in [4.78, 5) is 25.4. The van der Waals surface area contributed by atoms with Crippen molar-refractivity contribution in [2.24, 2.45) is 5.92 Å². The van der Waals surface area contributed by atoms with Gasteiger partial charge in [-0.25, -0.2) is 9.59 Å². The molecule has 2 rings (SSSR count). The van der Waals surface area contributed by atoms with Crippen LogP contribution >= 0.6 is 0 Å². The molecule has 1 unspecified atom stereocenters. The number of alkyl halides is 3. The van der Waals surface area contributed by atoms with Crippen molar-refractivity contribution in [3.05, 3.63) is 59.7 Å². The number of nitrogens with zero attached hydrogens (tertiary/aromatic N) is 1. The molecule has 1 amide bonds. The van der Waals surface area contributed by atoms with Crippen LogP contribution in [0.25, 0.3) is 0 Å². The van der Waals surface area contributed by atoms with Crippen molar-refractivity contribution in [3.63, 3.8) is 0 Å². The highest BCUT2D eigenvalue weighted by molar-refractivity contribution is 5.72. The summed E-state index contributed by atoms with van der Waals surface area (Å²) in [6.45, 7) is 6.82. The molecule has 1 atom stereocenters. The first-order valence-electron chi connectivity index (χ1n) is 11.7. The highest BCUT2D eigenvalue weighted by atomic mass is 19.4. The maximum Gasteiger partial charge on any atom is 0.416 e. The van der Waals surface area contributed by atoms with Crippen LogP contribution in [-0.2, 0) is 22.1 Å². The lowest BCUT2D eigenvalue weighted by molar-refractivity contribution is -0.150. The summed E-state index contributed by atoms with van der Waals surface area (Å²) in [5, 5.41) is 9.21. The van der Waals surface area contributed by atoms with Crippen LogP contribution in [0, 0.1) is 5.92 Å². The van der Waals surface area contributed by atoms with Crippen LogP contribution in [-0.4, -0.2) is 54.5 Å². The van der Waals surface area contributed by atoms with Gasteiger partial charge in [0.25, 0.3) is 0 Å². The number of hydrogen-bond acceptors (Lipinski definition) is 5. The zero-order valence-corrected chi connectivity index (χ0v) is 20.6. The van der Waals surface area contributed by atoms with E-state index >= 15 is 0 Å². The van der Waals surface area contributed by atoms with E-state index in [1.165, 1.54) is 4.90 Å². The maximum absolute atomic E-state index is 12.7.